The van der Waals surface area contributed by atoms with Crippen molar-refractivity contribution >= 4 is 22.0 Å². The topological polar surface area (TPSA) is 57.7 Å². The van der Waals surface area contributed by atoms with Crippen LogP contribution in [0.25, 0.3) is 6.08 Å². The molecule has 1 saturated carbocycles. The van der Waals surface area contributed by atoms with Gasteiger partial charge in [0.2, 0.25) is 15.9 Å². The number of hydrogen-bond donors (Lipinski definition) is 0. The largest absolute Gasteiger partial charge is 0.336 e. The van der Waals surface area contributed by atoms with Gasteiger partial charge in [-0.1, -0.05) is 39.8 Å². The lowest BCUT2D eigenvalue weighted by Crippen LogP contribution is -2.33. The Morgan fingerprint density at radius 3 is 2.22 bits per heavy atom. The molecule has 1 amide bonds. The number of carbonyl (C=O) groups excluding carboxylic acids is 1. The first-order chi connectivity index (χ1) is 12.8. The van der Waals surface area contributed by atoms with Gasteiger partial charge in [0.1, 0.15) is 0 Å². The Morgan fingerprint density at radius 2 is 1.74 bits per heavy atom. The first-order valence-corrected chi connectivity index (χ1v) is 11.3. The summed E-state index contributed by atoms with van der Waals surface area (Å²) < 4.78 is 26.5. The van der Waals surface area contributed by atoms with E-state index >= 15 is 0 Å². The molecule has 0 atom stereocenters. The molecule has 1 aliphatic rings. The summed E-state index contributed by atoms with van der Waals surface area (Å²) in [6.45, 7) is 9.68. The van der Waals surface area contributed by atoms with E-state index < -0.39 is 10.0 Å². The molecule has 0 radical (unpaired) electrons. The van der Waals surface area contributed by atoms with Gasteiger partial charge in [0, 0.05) is 31.8 Å². The van der Waals surface area contributed by atoms with E-state index in [2.05, 4.69) is 13.8 Å². The van der Waals surface area contributed by atoms with Crippen molar-refractivity contribution in [3.05, 3.63) is 35.9 Å². The lowest BCUT2D eigenvalue weighted by Gasteiger charge is -2.21. The highest BCUT2D eigenvalue weighted by atomic mass is 32.2. The third kappa shape index (κ3) is 5.91. The van der Waals surface area contributed by atoms with Crippen LogP contribution in [-0.2, 0) is 14.8 Å². The zero-order chi connectivity index (χ0) is 20.0. The van der Waals surface area contributed by atoms with E-state index in [4.69, 9.17) is 0 Å². The summed E-state index contributed by atoms with van der Waals surface area (Å²) in [6, 6.07) is 7.10. The number of benzene rings is 1. The number of amides is 1. The number of sulfonamides is 1. The lowest BCUT2D eigenvalue weighted by atomic mass is 10.1. The van der Waals surface area contributed by atoms with Crippen LogP contribution in [0.5, 0.6) is 0 Å². The number of hydrogen-bond acceptors (Lipinski definition) is 3. The van der Waals surface area contributed by atoms with Gasteiger partial charge in [-0.25, -0.2) is 8.42 Å². The fourth-order valence-corrected chi connectivity index (χ4v) is 4.44. The van der Waals surface area contributed by atoms with Gasteiger partial charge < -0.3 is 4.90 Å². The Labute approximate surface area is 164 Å². The van der Waals surface area contributed by atoms with E-state index in [1.54, 1.807) is 36.4 Å². The molecule has 0 aromatic heterocycles. The SMILES string of the molecule is CCN(CC)S(=O)(=O)c1ccc(C=CC(=O)N(CCC(C)C)C2CC2)cc1. The van der Waals surface area contributed by atoms with E-state index in [-0.39, 0.29) is 10.8 Å². The van der Waals surface area contributed by atoms with Gasteiger partial charge in [-0.15, -0.1) is 0 Å². The average molecular weight is 393 g/mol. The van der Waals surface area contributed by atoms with Crippen molar-refractivity contribution in [3.63, 3.8) is 0 Å². The Balaban J connectivity index is 2.05. The van der Waals surface area contributed by atoms with Crippen LogP contribution in [0.1, 0.15) is 52.5 Å². The van der Waals surface area contributed by atoms with Crippen LogP contribution in [0.4, 0.5) is 0 Å². The summed E-state index contributed by atoms with van der Waals surface area (Å²) in [6.07, 6.45) is 6.56. The molecule has 0 aliphatic heterocycles. The minimum absolute atomic E-state index is 0.0398. The highest BCUT2D eigenvalue weighted by Gasteiger charge is 2.31. The molecule has 150 valence electrons. The number of nitrogens with zero attached hydrogens (tertiary/aromatic N) is 2. The van der Waals surface area contributed by atoms with E-state index in [9.17, 15) is 13.2 Å². The van der Waals surface area contributed by atoms with Gasteiger partial charge in [0.25, 0.3) is 0 Å². The van der Waals surface area contributed by atoms with E-state index in [0.717, 1.165) is 31.4 Å². The Bertz CT molecular complexity index is 746. The monoisotopic (exact) mass is 392 g/mol. The van der Waals surface area contributed by atoms with Crippen LogP contribution in [0.3, 0.4) is 0 Å². The zero-order valence-corrected chi connectivity index (χ0v) is 17.7. The smallest absolute Gasteiger partial charge is 0.246 e. The second kappa shape index (κ2) is 9.51. The van der Waals surface area contributed by atoms with E-state index in [0.29, 0.717) is 25.0 Å². The Morgan fingerprint density at radius 1 is 1.15 bits per heavy atom. The number of carbonyl (C=O) groups is 1. The van der Waals surface area contributed by atoms with Crippen LogP contribution in [0.2, 0.25) is 0 Å². The molecule has 0 N–H and O–H groups in total. The van der Waals surface area contributed by atoms with Gasteiger partial charge >= 0.3 is 0 Å². The van der Waals surface area contributed by atoms with Crippen molar-refractivity contribution in [2.24, 2.45) is 5.92 Å². The van der Waals surface area contributed by atoms with Gasteiger partial charge in [0.15, 0.2) is 0 Å². The maximum atomic E-state index is 12.5. The van der Waals surface area contributed by atoms with Crippen molar-refractivity contribution in [1.82, 2.24) is 9.21 Å². The molecule has 0 spiro atoms. The quantitative estimate of drug-likeness (QED) is 0.570. The molecular formula is C21H32N2O3S. The van der Waals surface area contributed by atoms with Crippen molar-refractivity contribution in [1.29, 1.82) is 0 Å². The van der Waals surface area contributed by atoms with Crippen molar-refractivity contribution in [2.75, 3.05) is 19.6 Å². The van der Waals surface area contributed by atoms with Crippen molar-refractivity contribution < 1.29 is 13.2 Å². The van der Waals surface area contributed by atoms with Gasteiger partial charge in [-0.05, 0) is 49.0 Å². The predicted octanol–water partition coefficient (Wildman–Crippen LogP) is 3.77. The average Bonchev–Trinajstić information content (AvgIpc) is 3.46. The summed E-state index contributed by atoms with van der Waals surface area (Å²) >= 11 is 0. The predicted molar refractivity (Wildman–Crippen MR) is 110 cm³/mol. The molecule has 1 fully saturated rings. The third-order valence-electron chi connectivity index (χ3n) is 4.86. The third-order valence-corrected chi connectivity index (χ3v) is 6.92. The van der Waals surface area contributed by atoms with E-state index in [1.807, 2.05) is 18.7 Å². The lowest BCUT2D eigenvalue weighted by molar-refractivity contribution is -0.126. The molecule has 0 bridgehead atoms. The maximum absolute atomic E-state index is 12.5. The second-order valence-corrected chi connectivity index (χ2v) is 9.37. The molecule has 0 unspecified atom stereocenters. The number of rotatable bonds is 10. The molecule has 27 heavy (non-hydrogen) atoms. The molecule has 1 aromatic carbocycles. The summed E-state index contributed by atoms with van der Waals surface area (Å²) in [5.74, 6) is 0.612. The zero-order valence-electron chi connectivity index (χ0n) is 16.9. The Hall–Kier alpha value is -1.66. The molecule has 0 saturated heterocycles. The van der Waals surface area contributed by atoms with Gasteiger partial charge in [-0.3, -0.25) is 4.79 Å². The normalized spacial score (nSPS) is 15.0. The van der Waals surface area contributed by atoms with Crippen LogP contribution >= 0.6 is 0 Å². The van der Waals surface area contributed by atoms with Crippen molar-refractivity contribution in [2.45, 2.75) is 57.9 Å². The second-order valence-electron chi connectivity index (χ2n) is 7.44. The molecule has 2 rings (SSSR count). The van der Waals surface area contributed by atoms with Crippen LogP contribution in [0.15, 0.2) is 35.2 Å². The van der Waals surface area contributed by atoms with Crippen LogP contribution in [0, 0.1) is 5.92 Å². The van der Waals surface area contributed by atoms with Gasteiger partial charge in [-0.2, -0.15) is 4.31 Å². The summed E-state index contributed by atoms with van der Waals surface area (Å²) in [4.78, 5) is 14.8. The molecule has 5 nitrogen and oxygen atoms in total. The maximum Gasteiger partial charge on any atom is 0.246 e. The highest BCUT2D eigenvalue weighted by molar-refractivity contribution is 7.89. The summed E-state index contributed by atoms with van der Waals surface area (Å²) in [5, 5.41) is 0. The minimum atomic E-state index is -3.45. The first-order valence-electron chi connectivity index (χ1n) is 9.88. The van der Waals surface area contributed by atoms with Gasteiger partial charge in [0.05, 0.1) is 4.90 Å². The molecule has 1 aromatic rings. The fourth-order valence-electron chi connectivity index (χ4n) is 2.98. The van der Waals surface area contributed by atoms with Crippen LogP contribution in [-0.4, -0.2) is 49.2 Å². The van der Waals surface area contributed by atoms with Crippen LogP contribution < -0.4 is 0 Å². The fraction of sp³-hybridized carbons (Fsp3) is 0.571. The van der Waals surface area contributed by atoms with Crippen molar-refractivity contribution in [3.8, 4) is 0 Å². The molecule has 6 heteroatoms. The summed E-state index contributed by atoms with van der Waals surface area (Å²) in [7, 11) is -3.45. The summed E-state index contributed by atoms with van der Waals surface area (Å²) in [5.41, 5.74) is 0.821. The van der Waals surface area contributed by atoms with E-state index in [1.165, 1.54) is 4.31 Å². The molecular weight excluding hydrogens is 360 g/mol. The molecule has 1 aliphatic carbocycles. The molecule has 0 heterocycles. The first kappa shape index (κ1) is 21.6. The Kier molecular flexibility index (Phi) is 7.62. The highest BCUT2D eigenvalue weighted by Crippen LogP contribution is 2.28. The standard InChI is InChI=1S/C21H32N2O3S/c1-5-22(6-2)27(25,26)20-12-7-18(8-13-20)9-14-21(24)23(19-10-11-19)16-15-17(3)4/h7-9,12-14,17,19H,5-6,10-11,15-16H2,1-4H3. The minimum Gasteiger partial charge on any atom is -0.336 e.